The van der Waals surface area contributed by atoms with Crippen molar-refractivity contribution < 1.29 is 9.90 Å². The summed E-state index contributed by atoms with van der Waals surface area (Å²) in [7, 11) is 5.97. The van der Waals surface area contributed by atoms with E-state index in [9.17, 15) is 4.79 Å². The zero-order valence-corrected chi connectivity index (χ0v) is 10.3. The molecule has 90 valence electrons. The van der Waals surface area contributed by atoms with E-state index in [1.165, 1.54) is 5.56 Å². The minimum atomic E-state index is -0.887. The minimum absolute atomic E-state index is 0.329. The first-order valence-corrected chi connectivity index (χ1v) is 5.45. The Bertz CT molecular complexity index is 570. The van der Waals surface area contributed by atoms with Gasteiger partial charge in [-0.1, -0.05) is 6.07 Å². The van der Waals surface area contributed by atoms with Crippen LogP contribution in [0.2, 0.25) is 0 Å². The van der Waals surface area contributed by atoms with E-state index in [-0.39, 0.29) is 0 Å². The molecule has 0 saturated heterocycles. The third-order valence-electron chi connectivity index (χ3n) is 2.81. The van der Waals surface area contributed by atoms with E-state index in [1.54, 1.807) is 12.1 Å². The lowest BCUT2D eigenvalue weighted by Crippen LogP contribution is -2.10. The Kier molecular flexibility index (Phi) is 2.90. The first kappa shape index (κ1) is 11.7. The van der Waals surface area contributed by atoms with Gasteiger partial charge in [-0.05, 0) is 31.8 Å². The van der Waals surface area contributed by atoms with Gasteiger partial charge in [0.25, 0.3) is 0 Å². The second-order valence-electron chi connectivity index (χ2n) is 4.54. The molecule has 1 heterocycles. The molecule has 1 aromatic carbocycles. The maximum atomic E-state index is 10.9. The molecule has 1 N–H and O–H groups in total. The Morgan fingerprint density at radius 1 is 1.41 bits per heavy atom. The van der Waals surface area contributed by atoms with E-state index in [2.05, 4.69) is 11.1 Å². The van der Waals surface area contributed by atoms with Crippen molar-refractivity contribution in [2.75, 3.05) is 14.1 Å². The summed E-state index contributed by atoms with van der Waals surface area (Å²) in [4.78, 5) is 13.0. The lowest BCUT2D eigenvalue weighted by molar-refractivity contribution is 0.0697. The molecule has 0 spiro atoms. The molecule has 0 aliphatic carbocycles. The zero-order chi connectivity index (χ0) is 12.6. The van der Waals surface area contributed by atoms with Gasteiger partial charge in [0.2, 0.25) is 0 Å². The van der Waals surface area contributed by atoms with Crippen LogP contribution in [0.15, 0.2) is 24.4 Å². The first-order valence-electron chi connectivity index (χ1n) is 5.45. The quantitative estimate of drug-likeness (QED) is 0.879. The summed E-state index contributed by atoms with van der Waals surface area (Å²) in [5, 5.41) is 10.1. The molecule has 1 aromatic heterocycles. The summed E-state index contributed by atoms with van der Waals surface area (Å²) in [6, 6.07) is 5.26. The number of benzene rings is 1. The summed E-state index contributed by atoms with van der Waals surface area (Å²) in [6.45, 7) is 0.851. The molecule has 0 bridgehead atoms. The van der Waals surface area contributed by atoms with Gasteiger partial charge in [0.15, 0.2) is 0 Å². The molecule has 0 fully saturated rings. The molecule has 0 amide bonds. The molecule has 4 heteroatoms. The van der Waals surface area contributed by atoms with Crippen molar-refractivity contribution in [2.45, 2.75) is 6.54 Å². The van der Waals surface area contributed by atoms with Gasteiger partial charge in [0.05, 0.1) is 5.56 Å². The fourth-order valence-electron chi connectivity index (χ4n) is 2.07. The van der Waals surface area contributed by atoms with Gasteiger partial charge in [0, 0.05) is 30.7 Å². The third kappa shape index (κ3) is 2.17. The molecular formula is C13H16N2O2. The highest BCUT2D eigenvalue weighted by Crippen LogP contribution is 2.22. The Balaban J connectivity index is 2.57. The van der Waals surface area contributed by atoms with Crippen molar-refractivity contribution in [3.8, 4) is 0 Å². The molecule has 4 nitrogen and oxygen atoms in total. The maximum Gasteiger partial charge on any atom is 0.335 e. The van der Waals surface area contributed by atoms with Crippen LogP contribution in [0.25, 0.3) is 10.9 Å². The van der Waals surface area contributed by atoms with Gasteiger partial charge in [-0.15, -0.1) is 0 Å². The Labute approximate surface area is 100 Å². The summed E-state index contributed by atoms with van der Waals surface area (Å²) in [6.07, 6.45) is 2.05. The van der Waals surface area contributed by atoms with Crippen LogP contribution in [0.1, 0.15) is 15.9 Å². The van der Waals surface area contributed by atoms with Crippen LogP contribution in [0, 0.1) is 0 Å². The van der Waals surface area contributed by atoms with Crippen molar-refractivity contribution >= 4 is 16.9 Å². The van der Waals surface area contributed by atoms with Crippen molar-refractivity contribution in [1.29, 1.82) is 0 Å². The van der Waals surface area contributed by atoms with Crippen molar-refractivity contribution in [3.05, 3.63) is 35.5 Å². The monoisotopic (exact) mass is 232 g/mol. The van der Waals surface area contributed by atoms with Crippen molar-refractivity contribution in [2.24, 2.45) is 7.05 Å². The Morgan fingerprint density at radius 2 is 2.12 bits per heavy atom. The Hall–Kier alpha value is -1.81. The largest absolute Gasteiger partial charge is 0.478 e. The Morgan fingerprint density at radius 3 is 2.71 bits per heavy atom. The second kappa shape index (κ2) is 4.22. The normalized spacial score (nSPS) is 11.3. The maximum absolute atomic E-state index is 10.9. The topological polar surface area (TPSA) is 45.5 Å². The SMILES string of the molecule is CN(C)Cc1cn(C)c2cc(C(=O)O)ccc12. The van der Waals surface area contributed by atoms with Crippen LogP contribution < -0.4 is 0 Å². The molecule has 2 aromatic rings. The average molecular weight is 232 g/mol. The molecule has 0 unspecified atom stereocenters. The molecule has 0 radical (unpaired) electrons. The lowest BCUT2D eigenvalue weighted by Gasteiger charge is -2.07. The van der Waals surface area contributed by atoms with E-state index in [0.29, 0.717) is 5.56 Å². The molecule has 17 heavy (non-hydrogen) atoms. The van der Waals surface area contributed by atoms with Gasteiger partial charge < -0.3 is 14.6 Å². The van der Waals surface area contributed by atoms with Crippen LogP contribution in [0.3, 0.4) is 0 Å². The van der Waals surface area contributed by atoms with Crippen LogP contribution in [0.4, 0.5) is 0 Å². The highest BCUT2D eigenvalue weighted by Gasteiger charge is 2.10. The predicted molar refractivity (Wildman–Crippen MR) is 67.3 cm³/mol. The van der Waals surface area contributed by atoms with E-state index >= 15 is 0 Å². The first-order chi connectivity index (χ1) is 7.99. The molecule has 0 saturated carbocycles. The van der Waals surface area contributed by atoms with Gasteiger partial charge >= 0.3 is 5.97 Å². The van der Waals surface area contributed by atoms with Gasteiger partial charge in [0.1, 0.15) is 0 Å². The highest BCUT2D eigenvalue weighted by molar-refractivity contribution is 5.94. The molecule has 2 rings (SSSR count). The number of aromatic carboxylic acids is 1. The van der Waals surface area contributed by atoms with Crippen LogP contribution in [-0.4, -0.2) is 34.6 Å². The number of hydrogen-bond donors (Lipinski definition) is 1. The van der Waals surface area contributed by atoms with Crippen molar-refractivity contribution in [3.63, 3.8) is 0 Å². The fourth-order valence-corrected chi connectivity index (χ4v) is 2.07. The number of aromatic nitrogens is 1. The minimum Gasteiger partial charge on any atom is -0.478 e. The number of hydrogen-bond acceptors (Lipinski definition) is 2. The fraction of sp³-hybridized carbons (Fsp3) is 0.308. The summed E-state index contributed by atoms with van der Waals surface area (Å²) >= 11 is 0. The molecule has 0 atom stereocenters. The standard InChI is InChI=1S/C13H16N2O2/c1-14(2)7-10-8-15(3)12-6-9(13(16)17)4-5-11(10)12/h4-6,8H,7H2,1-3H3,(H,16,17). The molecular weight excluding hydrogens is 216 g/mol. The lowest BCUT2D eigenvalue weighted by atomic mass is 10.1. The second-order valence-corrected chi connectivity index (χ2v) is 4.54. The predicted octanol–water partition coefficient (Wildman–Crippen LogP) is 1.94. The number of carboxylic acid groups (broad SMARTS) is 1. The van der Waals surface area contributed by atoms with Gasteiger partial charge in [-0.3, -0.25) is 0 Å². The average Bonchev–Trinajstić information content (AvgIpc) is 2.54. The highest BCUT2D eigenvalue weighted by atomic mass is 16.4. The van der Waals surface area contributed by atoms with E-state index < -0.39 is 5.97 Å². The van der Waals surface area contributed by atoms with Crippen LogP contribution in [0.5, 0.6) is 0 Å². The zero-order valence-electron chi connectivity index (χ0n) is 10.3. The van der Waals surface area contributed by atoms with Crippen molar-refractivity contribution in [1.82, 2.24) is 9.47 Å². The summed E-state index contributed by atoms with van der Waals surface area (Å²) in [5.74, 6) is -0.887. The molecule has 0 aliphatic heterocycles. The number of rotatable bonds is 3. The van der Waals surface area contributed by atoms with Gasteiger partial charge in [-0.25, -0.2) is 4.79 Å². The summed E-state index contributed by atoms with van der Waals surface area (Å²) < 4.78 is 1.97. The van der Waals surface area contributed by atoms with E-state index in [0.717, 1.165) is 17.4 Å². The summed E-state index contributed by atoms with van der Waals surface area (Å²) in [5.41, 5.74) is 2.50. The number of nitrogens with zero attached hydrogens (tertiary/aromatic N) is 2. The smallest absolute Gasteiger partial charge is 0.335 e. The number of carboxylic acids is 1. The van der Waals surface area contributed by atoms with E-state index in [4.69, 9.17) is 5.11 Å². The molecule has 0 aliphatic rings. The van der Waals surface area contributed by atoms with Crippen LogP contribution >= 0.6 is 0 Å². The third-order valence-corrected chi connectivity index (χ3v) is 2.81. The van der Waals surface area contributed by atoms with Gasteiger partial charge in [-0.2, -0.15) is 0 Å². The number of aryl methyl sites for hydroxylation is 1. The number of fused-ring (bicyclic) bond motifs is 1. The van der Waals surface area contributed by atoms with Crippen LogP contribution in [-0.2, 0) is 13.6 Å². The number of carbonyl (C=O) groups is 1. The van der Waals surface area contributed by atoms with E-state index in [1.807, 2.05) is 31.8 Å².